The van der Waals surface area contributed by atoms with Gasteiger partial charge in [-0.1, -0.05) is 56.2 Å². The summed E-state index contributed by atoms with van der Waals surface area (Å²) in [7, 11) is -0.0719. The van der Waals surface area contributed by atoms with Crippen LogP contribution >= 0.6 is 0 Å². The Hall–Kier alpha value is -1.55. The Morgan fingerprint density at radius 3 is 2.45 bits per heavy atom. The Morgan fingerprint density at radius 2 is 1.86 bits per heavy atom. The molecule has 0 aliphatic carbocycles. The smallest absolute Gasteiger partial charge is 0.115 e. The van der Waals surface area contributed by atoms with E-state index in [0.717, 1.165) is 12.0 Å². The summed E-state index contributed by atoms with van der Waals surface area (Å²) in [6.45, 7) is 2.28. The first-order valence-corrected chi connectivity index (χ1v) is 10.4. The van der Waals surface area contributed by atoms with Crippen LogP contribution < -0.4 is 0 Å². The zero-order chi connectivity index (χ0) is 15.8. The van der Waals surface area contributed by atoms with Crippen LogP contribution in [0.3, 0.4) is 0 Å². The zero-order valence-corrected chi connectivity index (χ0v) is 14.3. The Balaban J connectivity index is 1.80. The predicted molar refractivity (Wildman–Crippen MR) is 91.8 cm³/mol. The van der Waals surface area contributed by atoms with E-state index in [0.29, 0.717) is 11.5 Å². The molecule has 22 heavy (non-hydrogen) atoms. The number of aliphatic hydroxyl groups excluding tert-OH is 1. The number of nitrogens with zero attached hydrogens (tertiary/aromatic N) is 1. The van der Waals surface area contributed by atoms with Gasteiger partial charge in [-0.15, -0.1) is 0 Å². The molecule has 2 rings (SSSR count). The molecule has 1 aromatic carbocycles. The summed E-state index contributed by atoms with van der Waals surface area (Å²) in [4.78, 5) is 0. The predicted octanol–water partition coefficient (Wildman–Crippen LogP) is 3.98. The van der Waals surface area contributed by atoms with Gasteiger partial charge in [0.1, 0.15) is 6.10 Å². The highest BCUT2D eigenvalue weighted by atomic mass is 28.3. The fraction of sp³-hybridized carbons (Fsp3) is 0.526. The lowest BCUT2D eigenvalue weighted by atomic mass is 9.95. The Labute approximate surface area is 135 Å². The second-order valence-corrected chi connectivity index (χ2v) is 9.15. The van der Waals surface area contributed by atoms with E-state index in [9.17, 15) is 5.11 Å². The summed E-state index contributed by atoms with van der Waals surface area (Å²) in [5.41, 5.74) is 1.49. The summed E-state index contributed by atoms with van der Waals surface area (Å²) < 4.78 is 0. The highest BCUT2D eigenvalue weighted by molar-refractivity contribution is 6.58. The first-order valence-electron chi connectivity index (χ1n) is 8.24. The third kappa shape index (κ3) is 5.33. The molecule has 1 radical (unpaired) electrons. The lowest BCUT2D eigenvalue weighted by molar-refractivity contribution is 0.190. The summed E-state index contributed by atoms with van der Waals surface area (Å²) in [6, 6.07) is 13.6. The standard InChI is InChI=1S/C19H24NOSi/c1-2-11-22-12-9-17(10-13-22)14-19(21)8-7-16-3-5-18(15-20)6-4-16/h3-6,17,19,21H,2,9-14H2,1H3. The van der Waals surface area contributed by atoms with Gasteiger partial charge in [-0.25, -0.2) is 0 Å². The van der Waals surface area contributed by atoms with Crippen molar-refractivity contribution in [1.29, 1.82) is 5.26 Å². The molecule has 3 heteroatoms. The van der Waals surface area contributed by atoms with Crippen molar-refractivity contribution < 1.29 is 5.11 Å². The number of hydrogen-bond acceptors (Lipinski definition) is 2. The fourth-order valence-corrected chi connectivity index (χ4v) is 6.18. The third-order valence-corrected chi connectivity index (χ3v) is 7.57. The van der Waals surface area contributed by atoms with Crippen LogP contribution in [0.15, 0.2) is 24.3 Å². The lowest BCUT2D eigenvalue weighted by Gasteiger charge is -2.27. The molecule has 1 heterocycles. The molecule has 115 valence electrons. The van der Waals surface area contributed by atoms with Crippen LogP contribution in [0.2, 0.25) is 18.1 Å². The fourth-order valence-electron chi connectivity index (χ4n) is 3.09. The first-order chi connectivity index (χ1) is 10.7. The summed E-state index contributed by atoms with van der Waals surface area (Å²) in [5.74, 6) is 6.61. The number of hydrogen-bond donors (Lipinski definition) is 1. The van der Waals surface area contributed by atoms with Crippen LogP contribution in [-0.2, 0) is 0 Å². The Morgan fingerprint density at radius 1 is 1.23 bits per heavy atom. The van der Waals surface area contributed by atoms with Gasteiger partial charge in [-0.2, -0.15) is 5.26 Å². The van der Waals surface area contributed by atoms with E-state index in [2.05, 4.69) is 24.8 Å². The lowest BCUT2D eigenvalue weighted by Crippen LogP contribution is -2.23. The minimum absolute atomic E-state index is 0.0719. The van der Waals surface area contributed by atoms with E-state index in [-0.39, 0.29) is 8.80 Å². The number of nitriles is 1. The highest BCUT2D eigenvalue weighted by Crippen LogP contribution is 2.30. The van der Waals surface area contributed by atoms with Gasteiger partial charge in [0, 0.05) is 14.4 Å². The second-order valence-electron chi connectivity index (χ2n) is 6.15. The highest BCUT2D eigenvalue weighted by Gasteiger charge is 2.23. The minimum Gasteiger partial charge on any atom is -0.380 e. The average Bonchev–Trinajstić information content (AvgIpc) is 2.55. The van der Waals surface area contributed by atoms with Gasteiger partial charge in [0.05, 0.1) is 11.6 Å². The van der Waals surface area contributed by atoms with Crippen LogP contribution in [0.25, 0.3) is 0 Å². The largest absolute Gasteiger partial charge is 0.380 e. The van der Waals surface area contributed by atoms with Crippen molar-refractivity contribution in [2.75, 3.05) is 0 Å². The van der Waals surface area contributed by atoms with Crippen molar-refractivity contribution >= 4 is 8.80 Å². The van der Waals surface area contributed by atoms with Crippen LogP contribution in [0, 0.1) is 29.1 Å². The van der Waals surface area contributed by atoms with Crippen LogP contribution in [0.5, 0.6) is 0 Å². The molecule has 1 aromatic rings. The second kappa shape index (κ2) is 8.78. The van der Waals surface area contributed by atoms with E-state index in [1.54, 1.807) is 12.1 Å². The SMILES string of the molecule is CCC[Si]1CCC(CC(O)C#Cc2ccc(C#N)cc2)CC1. The molecular formula is C19H24NOSi. The summed E-state index contributed by atoms with van der Waals surface area (Å²) in [6.07, 6.45) is 4.18. The maximum atomic E-state index is 10.1. The van der Waals surface area contributed by atoms with Crippen molar-refractivity contribution in [1.82, 2.24) is 0 Å². The summed E-state index contributed by atoms with van der Waals surface area (Å²) in [5, 5.41) is 18.9. The van der Waals surface area contributed by atoms with Crippen molar-refractivity contribution in [2.24, 2.45) is 5.92 Å². The van der Waals surface area contributed by atoms with E-state index in [4.69, 9.17) is 5.26 Å². The zero-order valence-electron chi connectivity index (χ0n) is 13.3. The molecule has 1 aliphatic rings. The van der Waals surface area contributed by atoms with E-state index in [1.807, 2.05) is 12.1 Å². The number of rotatable bonds is 4. The Bertz CT molecular complexity index is 556. The maximum absolute atomic E-state index is 10.1. The third-order valence-electron chi connectivity index (χ3n) is 4.37. The van der Waals surface area contributed by atoms with Crippen LogP contribution in [0.4, 0.5) is 0 Å². The van der Waals surface area contributed by atoms with Crippen LogP contribution in [0.1, 0.15) is 43.7 Å². The van der Waals surface area contributed by atoms with Crippen molar-refractivity contribution in [3.05, 3.63) is 35.4 Å². The quantitative estimate of drug-likeness (QED) is 0.675. The molecule has 0 saturated carbocycles. The van der Waals surface area contributed by atoms with Gasteiger partial charge in [0.15, 0.2) is 0 Å². The molecule has 0 aromatic heterocycles. The number of benzene rings is 1. The van der Waals surface area contributed by atoms with Gasteiger partial charge >= 0.3 is 0 Å². The van der Waals surface area contributed by atoms with Gasteiger partial charge in [-0.3, -0.25) is 0 Å². The minimum atomic E-state index is -0.527. The molecule has 1 atom stereocenters. The molecule has 1 aliphatic heterocycles. The average molecular weight is 310 g/mol. The van der Waals surface area contributed by atoms with Crippen LogP contribution in [-0.4, -0.2) is 20.0 Å². The summed E-state index contributed by atoms with van der Waals surface area (Å²) >= 11 is 0. The van der Waals surface area contributed by atoms with Gasteiger partial charge in [0.25, 0.3) is 0 Å². The Kier molecular flexibility index (Phi) is 6.71. The van der Waals surface area contributed by atoms with Crippen molar-refractivity contribution in [2.45, 2.75) is 56.8 Å². The monoisotopic (exact) mass is 310 g/mol. The normalized spacial score (nSPS) is 17.3. The molecule has 2 nitrogen and oxygen atoms in total. The molecule has 0 bridgehead atoms. The molecule has 1 fully saturated rings. The van der Waals surface area contributed by atoms with Gasteiger partial charge < -0.3 is 5.11 Å². The molecule has 0 spiro atoms. The van der Waals surface area contributed by atoms with Crippen molar-refractivity contribution in [3.8, 4) is 17.9 Å². The molecule has 1 N–H and O–H groups in total. The molecule has 1 saturated heterocycles. The van der Waals surface area contributed by atoms with Crippen molar-refractivity contribution in [3.63, 3.8) is 0 Å². The van der Waals surface area contributed by atoms with Gasteiger partial charge in [-0.05, 0) is 36.6 Å². The molecular weight excluding hydrogens is 286 g/mol. The van der Waals surface area contributed by atoms with Gasteiger partial charge in [0.2, 0.25) is 0 Å². The van der Waals surface area contributed by atoms with E-state index >= 15 is 0 Å². The molecule has 1 unspecified atom stereocenters. The molecule has 0 amide bonds. The maximum Gasteiger partial charge on any atom is 0.115 e. The topological polar surface area (TPSA) is 44.0 Å². The van der Waals surface area contributed by atoms with E-state index < -0.39 is 6.10 Å². The number of aliphatic hydroxyl groups is 1. The van der Waals surface area contributed by atoms with E-state index in [1.165, 1.54) is 37.4 Å². The first kappa shape index (κ1) is 16.8.